The number of hydrogen-bond donors (Lipinski definition) is 1. The second kappa shape index (κ2) is 4.47. The Morgan fingerprint density at radius 2 is 2.05 bits per heavy atom. The smallest absolute Gasteiger partial charge is 0.252 e. The number of rotatable bonds is 2. The van der Waals surface area contributed by atoms with Gasteiger partial charge >= 0.3 is 0 Å². The van der Waals surface area contributed by atoms with Crippen LogP contribution in [0.3, 0.4) is 0 Å². The zero-order valence-corrected chi connectivity index (χ0v) is 11.5. The molecule has 0 aliphatic heterocycles. The summed E-state index contributed by atoms with van der Waals surface area (Å²) in [6.07, 6.45) is 6.23. The number of hydrogen-bond acceptors (Lipinski definition) is 5. The fourth-order valence-corrected chi connectivity index (χ4v) is 1.96. The van der Waals surface area contributed by atoms with Crippen molar-refractivity contribution < 1.29 is 5.11 Å². The predicted octanol–water partition coefficient (Wildman–Crippen LogP) is 1.62. The Morgan fingerprint density at radius 1 is 1.21 bits per heavy atom. The molecule has 19 heavy (non-hydrogen) atoms. The first-order chi connectivity index (χ1) is 9.15. The molecule has 0 fully saturated rings. The molecule has 0 atom stereocenters. The van der Waals surface area contributed by atoms with Gasteiger partial charge in [-0.15, -0.1) is 0 Å². The van der Waals surface area contributed by atoms with Crippen LogP contribution in [0.15, 0.2) is 35.3 Å². The number of aromatic nitrogens is 6. The van der Waals surface area contributed by atoms with Gasteiger partial charge in [0.15, 0.2) is 11.6 Å². The third-order valence-electron chi connectivity index (χ3n) is 2.48. The summed E-state index contributed by atoms with van der Waals surface area (Å²) in [7, 11) is 0. The maximum Gasteiger partial charge on any atom is 0.252 e. The van der Waals surface area contributed by atoms with Crippen molar-refractivity contribution in [3.05, 3.63) is 41.0 Å². The third-order valence-corrected chi connectivity index (χ3v) is 3.41. The Balaban J connectivity index is 2.18. The minimum Gasteiger partial charge on any atom is -0.505 e. The molecule has 0 amide bonds. The van der Waals surface area contributed by atoms with E-state index in [1.165, 1.54) is 17.1 Å². The fourth-order valence-electron chi connectivity index (χ4n) is 1.60. The summed E-state index contributed by atoms with van der Waals surface area (Å²) < 4.78 is 3.80. The van der Waals surface area contributed by atoms with Crippen molar-refractivity contribution in [2.45, 2.75) is 6.92 Å². The third kappa shape index (κ3) is 2.10. The van der Waals surface area contributed by atoms with Gasteiger partial charge in [0.2, 0.25) is 0 Å². The zero-order chi connectivity index (χ0) is 13.4. The molecule has 3 rings (SSSR count). The molecule has 0 saturated carbocycles. The van der Waals surface area contributed by atoms with Crippen molar-refractivity contribution in [1.29, 1.82) is 0 Å². The van der Waals surface area contributed by atoms with E-state index < -0.39 is 0 Å². The van der Waals surface area contributed by atoms with Crippen LogP contribution in [0.1, 0.15) is 5.69 Å². The van der Waals surface area contributed by atoms with Gasteiger partial charge < -0.3 is 5.11 Å². The molecule has 0 radical (unpaired) electrons. The Bertz CT molecular complexity index is 721. The van der Waals surface area contributed by atoms with E-state index in [9.17, 15) is 5.11 Å². The first-order valence-corrected chi connectivity index (χ1v) is 6.22. The molecule has 0 aliphatic carbocycles. The lowest BCUT2D eigenvalue weighted by atomic mass is 10.4. The van der Waals surface area contributed by atoms with Crippen molar-refractivity contribution >= 4 is 15.9 Å². The van der Waals surface area contributed by atoms with Gasteiger partial charge in [0.05, 0.1) is 22.6 Å². The normalized spacial score (nSPS) is 10.8. The topological polar surface area (TPSA) is 81.6 Å². The molecule has 0 aliphatic rings. The molecule has 3 aromatic heterocycles. The Hall–Kier alpha value is -2.22. The summed E-state index contributed by atoms with van der Waals surface area (Å²) in [4.78, 5) is 8.71. The average Bonchev–Trinajstić information content (AvgIpc) is 3.03. The van der Waals surface area contributed by atoms with Gasteiger partial charge in [-0.25, -0.2) is 14.3 Å². The van der Waals surface area contributed by atoms with E-state index in [-0.39, 0.29) is 5.75 Å². The van der Waals surface area contributed by atoms with Crippen molar-refractivity contribution in [3.63, 3.8) is 0 Å². The summed E-state index contributed by atoms with van der Waals surface area (Å²) in [6, 6.07) is 1.81. The van der Waals surface area contributed by atoms with Crippen molar-refractivity contribution in [2.24, 2.45) is 0 Å². The number of aromatic hydroxyl groups is 1. The minimum absolute atomic E-state index is 0.0600. The Morgan fingerprint density at radius 3 is 2.68 bits per heavy atom. The van der Waals surface area contributed by atoms with Crippen LogP contribution in [0.25, 0.3) is 11.8 Å². The van der Waals surface area contributed by atoms with Gasteiger partial charge in [-0.3, -0.25) is 0 Å². The van der Waals surface area contributed by atoms with Crippen LogP contribution in [0.2, 0.25) is 0 Å². The second-order valence-corrected chi connectivity index (χ2v) is 4.63. The lowest BCUT2D eigenvalue weighted by Gasteiger charge is -2.08. The van der Waals surface area contributed by atoms with Gasteiger partial charge in [0.1, 0.15) is 0 Å². The van der Waals surface area contributed by atoms with Crippen LogP contribution in [-0.4, -0.2) is 34.6 Å². The van der Waals surface area contributed by atoms with Crippen molar-refractivity contribution in [2.75, 3.05) is 0 Å². The molecule has 3 aromatic rings. The Labute approximate surface area is 116 Å². The van der Waals surface area contributed by atoms with Gasteiger partial charge in [0.25, 0.3) is 5.95 Å². The van der Waals surface area contributed by atoms with Crippen LogP contribution in [0, 0.1) is 6.92 Å². The standard InChI is InChI=1S/C11H9BrN6O/c1-7-9(12)10(17-4-2-3-13-17)16-11(15-7)18-6-8(19)5-14-18/h2-6,19H,1H3. The predicted molar refractivity (Wildman–Crippen MR) is 70.4 cm³/mol. The van der Waals surface area contributed by atoms with Crippen LogP contribution >= 0.6 is 15.9 Å². The summed E-state index contributed by atoms with van der Waals surface area (Å²) in [6.45, 7) is 1.85. The lowest BCUT2D eigenvalue weighted by Crippen LogP contribution is -2.09. The Kier molecular flexibility index (Phi) is 2.79. The maximum absolute atomic E-state index is 9.33. The van der Waals surface area contributed by atoms with E-state index in [0.717, 1.165) is 10.2 Å². The molecule has 0 saturated heterocycles. The first kappa shape index (κ1) is 11.8. The number of nitrogens with zero attached hydrogens (tertiary/aromatic N) is 6. The zero-order valence-electron chi connectivity index (χ0n) is 9.90. The fraction of sp³-hybridized carbons (Fsp3) is 0.0909. The van der Waals surface area contributed by atoms with Crippen LogP contribution in [-0.2, 0) is 0 Å². The van der Waals surface area contributed by atoms with Crippen molar-refractivity contribution in [1.82, 2.24) is 29.5 Å². The average molecular weight is 321 g/mol. The van der Waals surface area contributed by atoms with E-state index >= 15 is 0 Å². The van der Waals surface area contributed by atoms with Crippen LogP contribution < -0.4 is 0 Å². The highest BCUT2D eigenvalue weighted by Gasteiger charge is 2.13. The quantitative estimate of drug-likeness (QED) is 0.776. The molecule has 8 heteroatoms. The molecular formula is C11H9BrN6O. The van der Waals surface area contributed by atoms with Crippen molar-refractivity contribution in [3.8, 4) is 17.5 Å². The summed E-state index contributed by atoms with van der Waals surface area (Å²) in [5.41, 5.74) is 0.755. The highest BCUT2D eigenvalue weighted by Crippen LogP contribution is 2.22. The molecule has 0 bridgehead atoms. The lowest BCUT2D eigenvalue weighted by molar-refractivity contribution is 0.475. The molecule has 7 nitrogen and oxygen atoms in total. The first-order valence-electron chi connectivity index (χ1n) is 5.43. The minimum atomic E-state index is 0.0600. The van der Waals surface area contributed by atoms with Crippen LogP contribution in [0.5, 0.6) is 5.75 Å². The van der Waals surface area contributed by atoms with E-state index in [0.29, 0.717) is 11.8 Å². The van der Waals surface area contributed by atoms with E-state index in [1.54, 1.807) is 17.1 Å². The molecule has 1 N–H and O–H groups in total. The maximum atomic E-state index is 9.33. The van der Waals surface area contributed by atoms with Crippen LogP contribution in [0.4, 0.5) is 0 Å². The summed E-state index contributed by atoms with van der Waals surface area (Å²) >= 11 is 3.45. The van der Waals surface area contributed by atoms with Gasteiger partial charge in [-0.2, -0.15) is 15.2 Å². The van der Waals surface area contributed by atoms with Gasteiger partial charge in [-0.05, 0) is 28.9 Å². The molecule has 3 heterocycles. The summed E-state index contributed by atoms with van der Waals surface area (Å²) in [5.74, 6) is 1.04. The van der Waals surface area contributed by atoms with E-state index in [4.69, 9.17) is 0 Å². The summed E-state index contributed by atoms with van der Waals surface area (Å²) in [5, 5.41) is 17.4. The van der Waals surface area contributed by atoms with Gasteiger partial charge in [-0.1, -0.05) is 0 Å². The number of halogens is 1. The molecule has 96 valence electrons. The number of aryl methyl sites for hydroxylation is 1. The molecule has 0 spiro atoms. The molecule has 0 unspecified atom stereocenters. The van der Waals surface area contributed by atoms with Gasteiger partial charge in [0, 0.05) is 12.4 Å². The highest BCUT2D eigenvalue weighted by molar-refractivity contribution is 9.10. The second-order valence-electron chi connectivity index (χ2n) is 3.84. The van der Waals surface area contributed by atoms with E-state index in [1.807, 2.05) is 13.0 Å². The van der Waals surface area contributed by atoms with E-state index in [2.05, 4.69) is 36.1 Å². The highest BCUT2D eigenvalue weighted by atomic mass is 79.9. The molecular weight excluding hydrogens is 312 g/mol. The monoisotopic (exact) mass is 320 g/mol. The molecule has 0 aromatic carbocycles. The SMILES string of the molecule is Cc1nc(-n2cc(O)cn2)nc(-n2cccn2)c1Br. The largest absolute Gasteiger partial charge is 0.505 e.